The van der Waals surface area contributed by atoms with Crippen molar-refractivity contribution in [2.24, 2.45) is 0 Å². The molecule has 0 aliphatic carbocycles. The Kier molecular flexibility index (Phi) is 4.08. The molecule has 3 rings (SSSR count). The molecule has 2 saturated heterocycles. The predicted molar refractivity (Wildman–Crippen MR) is 81.4 cm³/mol. The van der Waals surface area contributed by atoms with Crippen molar-refractivity contribution >= 4 is 27.7 Å². The molecule has 2 fully saturated rings. The molecule has 1 atom stereocenters. The third kappa shape index (κ3) is 3.28. The lowest BCUT2D eigenvalue weighted by Gasteiger charge is -2.26. The molecule has 2 N–H and O–H groups in total. The number of sulfone groups is 1. The van der Waals surface area contributed by atoms with Gasteiger partial charge in [0, 0.05) is 5.92 Å². The van der Waals surface area contributed by atoms with Crippen molar-refractivity contribution < 1.29 is 32.2 Å². The second-order valence-electron chi connectivity index (χ2n) is 5.78. The first-order valence-electron chi connectivity index (χ1n) is 7.20. The predicted octanol–water partition coefficient (Wildman–Crippen LogP) is 0.930. The number of ether oxygens (including phenoxy) is 1. The van der Waals surface area contributed by atoms with E-state index in [0.29, 0.717) is 5.56 Å². The first-order valence-corrected chi connectivity index (χ1v) is 9.02. The lowest BCUT2D eigenvalue weighted by Crippen LogP contribution is -2.35. The second-order valence-corrected chi connectivity index (χ2v) is 7.94. The summed E-state index contributed by atoms with van der Waals surface area (Å²) in [5, 5.41) is 10.7. The fourth-order valence-electron chi connectivity index (χ4n) is 2.80. The van der Waals surface area contributed by atoms with Crippen molar-refractivity contribution in [1.82, 2.24) is 5.32 Å². The van der Waals surface area contributed by atoms with E-state index in [1.807, 2.05) is 0 Å². The van der Waals surface area contributed by atoms with E-state index in [1.165, 1.54) is 17.0 Å². The molecule has 10 heteroatoms. The molecule has 24 heavy (non-hydrogen) atoms. The number of nitrogens with one attached hydrogen (secondary N) is 1. The van der Waals surface area contributed by atoms with E-state index in [2.05, 4.69) is 5.32 Å². The summed E-state index contributed by atoms with van der Waals surface area (Å²) >= 11 is 0. The quantitative estimate of drug-likeness (QED) is 0.828. The third-order valence-electron chi connectivity index (χ3n) is 4.00. The highest BCUT2D eigenvalue weighted by atomic mass is 32.2. The number of nitrogens with zero attached hydrogens (tertiary/aromatic N) is 1. The van der Waals surface area contributed by atoms with Gasteiger partial charge in [0.25, 0.3) is 0 Å². The van der Waals surface area contributed by atoms with Crippen LogP contribution < -0.4 is 10.2 Å². The lowest BCUT2D eigenvalue weighted by atomic mass is 10.0. The van der Waals surface area contributed by atoms with Gasteiger partial charge in [0.05, 0.1) is 30.3 Å². The molecule has 1 aromatic carbocycles. The van der Waals surface area contributed by atoms with Gasteiger partial charge in [-0.05, 0) is 17.7 Å². The van der Waals surface area contributed by atoms with Crippen LogP contribution in [0, 0.1) is 5.82 Å². The summed E-state index contributed by atoms with van der Waals surface area (Å²) in [6.07, 6.45) is -2.57. The maximum absolute atomic E-state index is 14.2. The first-order chi connectivity index (χ1) is 11.2. The normalized spacial score (nSPS) is 22.8. The summed E-state index contributed by atoms with van der Waals surface area (Å²) in [6.45, 7) is 0.0355. The third-order valence-corrected chi connectivity index (χ3v) is 5.82. The van der Waals surface area contributed by atoms with Gasteiger partial charge in [-0.25, -0.2) is 22.4 Å². The van der Waals surface area contributed by atoms with Gasteiger partial charge < -0.3 is 15.2 Å². The molecular weight excluding hydrogens is 343 g/mol. The van der Waals surface area contributed by atoms with Crippen LogP contribution in [0.25, 0.3) is 0 Å². The van der Waals surface area contributed by atoms with Gasteiger partial charge in [-0.1, -0.05) is 6.07 Å². The second kappa shape index (κ2) is 5.93. The Labute approximate surface area is 137 Å². The molecular formula is C14H15FN2O6S. The topological polar surface area (TPSA) is 113 Å². The standard InChI is InChI=1S/C14H15FN2O6S/c15-12-3-9(1-2-11(12)8-6-24(21,22)7-8)17-5-10(23-14(17)20)4-16-13(18)19/h1-3,8,10,16H,4-7H2,(H,18,19)/t10-/m0/s1. The van der Waals surface area contributed by atoms with Gasteiger partial charge in [0.15, 0.2) is 9.84 Å². The highest BCUT2D eigenvalue weighted by Gasteiger charge is 2.37. The first kappa shape index (κ1) is 16.5. The maximum Gasteiger partial charge on any atom is 0.414 e. The van der Waals surface area contributed by atoms with Crippen LogP contribution in [0.4, 0.5) is 19.7 Å². The van der Waals surface area contributed by atoms with Crippen molar-refractivity contribution in [1.29, 1.82) is 0 Å². The minimum atomic E-state index is -3.06. The monoisotopic (exact) mass is 358 g/mol. The number of anilines is 1. The number of benzene rings is 1. The van der Waals surface area contributed by atoms with E-state index in [0.717, 1.165) is 6.07 Å². The van der Waals surface area contributed by atoms with Crippen molar-refractivity contribution in [3.8, 4) is 0 Å². The summed E-state index contributed by atoms with van der Waals surface area (Å²) < 4.78 is 41.7. The summed E-state index contributed by atoms with van der Waals surface area (Å²) in [5.74, 6) is -1.08. The Morgan fingerprint density at radius 1 is 1.42 bits per heavy atom. The Morgan fingerprint density at radius 3 is 2.71 bits per heavy atom. The zero-order valence-electron chi connectivity index (χ0n) is 12.4. The van der Waals surface area contributed by atoms with Crippen molar-refractivity contribution in [2.45, 2.75) is 12.0 Å². The number of amides is 2. The van der Waals surface area contributed by atoms with Gasteiger partial charge in [-0.15, -0.1) is 0 Å². The van der Waals surface area contributed by atoms with Crippen molar-refractivity contribution in [2.75, 3.05) is 29.5 Å². The minimum Gasteiger partial charge on any atom is -0.465 e. The van der Waals surface area contributed by atoms with Gasteiger partial charge >= 0.3 is 12.2 Å². The molecule has 1 aromatic rings. The molecule has 2 aliphatic rings. The molecule has 2 aliphatic heterocycles. The average Bonchev–Trinajstić information content (AvgIpc) is 2.83. The molecule has 130 valence electrons. The van der Waals surface area contributed by atoms with Gasteiger partial charge in [-0.2, -0.15) is 0 Å². The molecule has 0 radical (unpaired) electrons. The molecule has 2 heterocycles. The summed E-state index contributed by atoms with van der Waals surface area (Å²) in [5.41, 5.74) is 0.589. The van der Waals surface area contributed by atoms with Crippen LogP contribution in [0.3, 0.4) is 0 Å². The highest BCUT2D eigenvalue weighted by molar-refractivity contribution is 7.92. The molecule has 2 amide bonds. The molecule has 0 spiro atoms. The zero-order valence-corrected chi connectivity index (χ0v) is 13.3. The number of cyclic esters (lactones) is 1. The van der Waals surface area contributed by atoms with Gasteiger partial charge in [0.2, 0.25) is 0 Å². The van der Waals surface area contributed by atoms with Gasteiger partial charge in [-0.3, -0.25) is 4.90 Å². The number of carbonyl (C=O) groups is 2. The van der Waals surface area contributed by atoms with Crippen molar-refractivity contribution in [3.63, 3.8) is 0 Å². The molecule has 0 unspecified atom stereocenters. The van der Waals surface area contributed by atoms with Crippen LogP contribution >= 0.6 is 0 Å². The number of carboxylic acid groups (broad SMARTS) is 1. The number of hydrogen-bond acceptors (Lipinski definition) is 5. The zero-order chi connectivity index (χ0) is 17.5. The van der Waals surface area contributed by atoms with Crippen molar-refractivity contribution in [3.05, 3.63) is 29.6 Å². The average molecular weight is 358 g/mol. The van der Waals surface area contributed by atoms with E-state index in [1.54, 1.807) is 0 Å². The summed E-state index contributed by atoms with van der Waals surface area (Å²) in [4.78, 5) is 23.5. The Hall–Kier alpha value is -2.36. The van der Waals surface area contributed by atoms with E-state index in [9.17, 15) is 22.4 Å². The fourth-order valence-corrected chi connectivity index (χ4v) is 4.29. The maximum atomic E-state index is 14.2. The molecule has 0 bridgehead atoms. The fraction of sp³-hybridized carbons (Fsp3) is 0.429. The number of hydrogen-bond donors (Lipinski definition) is 2. The lowest BCUT2D eigenvalue weighted by molar-refractivity contribution is 0.136. The Bertz CT molecular complexity index is 784. The summed E-state index contributed by atoms with van der Waals surface area (Å²) in [6, 6.07) is 4.16. The smallest absolute Gasteiger partial charge is 0.414 e. The van der Waals surface area contributed by atoms with Crippen LogP contribution in [0.2, 0.25) is 0 Å². The van der Waals surface area contributed by atoms with Crippen LogP contribution in [0.5, 0.6) is 0 Å². The van der Waals surface area contributed by atoms with E-state index in [-0.39, 0.29) is 36.2 Å². The minimum absolute atomic E-state index is 0.0575. The van der Waals surface area contributed by atoms with E-state index >= 15 is 0 Å². The largest absolute Gasteiger partial charge is 0.465 e. The number of rotatable bonds is 4. The SMILES string of the molecule is O=C(O)NC[C@H]1CN(c2ccc(C3CS(=O)(=O)C3)c(F)c2)C(=O)O1. The van der Waals surface area contributed by atoms with E-state index in [4.69, 9.17) is 9.84 Å². The van der Waals surface area contributed by atoms with Crippen LogP contribution in [0.1, 0.15) is 11.5 Å². The van der Waals surface area contributed by atoms with Crippen LogP contribution in [-0.4, -0.2) is 56.4 Å². The molecule has 8 nitrogen and oxygen atoms in total. The summed E-state index contributed by atoms with van der Waals surface area (Å²) in [7, 11) is -3.06. The Balaban J connectivity index is 1.70. The van der Waals surface area contributed by atoms with Crippen LogP contribution in [0.15, 0.2) is 18.2 Å². The highest BCUT2D eigenvalue weighted by Crippen LogP contribution is 2.33. The Morgan fingerprint density at radius 2 is 2.12 bits per heavy atom. The number of carbonyl (C=O) groups excluding carboxylic acids is 1. The van der Waals surface area contributed by atoms with Gasteiger partial charge in [0.1, 0.15) is 11.9 Å². The molecule has 0 saturated carbocycles. The van der Waals surface area contributed by atoms with E-state index < -0.39 is 33.9 Å². The number of halogens is 1. The molecule has 0 aromatic heterocycles. The van der Waals surface area contributed by atoms with Crippen LogP contribution in [-0.2, 0) is 14.6 Å².